The van der Waals surface area contributed by atoms with Crippen molar-refractivity contribution in [2.24, 2.45) is 5.92 Å². The molecule has 0 atom stereocenters. The van der Waals surface area contributed by atoms with E-state index in [9.17, 15) is 9.18 Å². The van der Waals surface area contributed by atoms with Crippen LogP contribution >= 0.6 is 11.6 Å². The highest BCUT2D eigenvalue weighted by Gasteiger charge is 2.29. The Morgan fingerprint density at radius 3 is 2.47 bits per heavy atom. The van der Waals surface area contributed by atoms with Crippen LogP contribution in [0.4, 0.5) is 10.3 Å². The Morgan fingerprint density at radius 1 is 1.09 bits per heavy atom. The number of carbonyl (C=O) groups is 1. The van der Waals surface area contributed by atoms with Gasteiger partial charge in [-0.15, -0.1) is 0 Å². The molecule has 7 heteroatoms. The van der Waals surface area contributed by atoms with Gasteiger partial charge in [0.2, 0.25) is 11.9 Å². The van der Waals surface area contributed by atoms with Gasteiger partial charge in [0.1, 0.15) is 5.82 Å². The molecule has 1 aliphatic heterocycles. The number of imidazole rings is 1. The summed E-state index contributed by atoms with van der Waals surface area (Å²) in [7, 11) is 0. The molecule has 1 saturated carbocycles. The van der Waals surface area contributed by atoms with Crippen LogP contribution in [0.5, 0.6) is 0 Å². The lowest BCUT2D eigenvalue weighted by atomic mass is 9.95. The number of fused-ring (bicyclic) bond motifs is 1. The summed E-state index contributed by atoms with van der Waals surface area (Å²) in [5.74, 6) is 0.786. The molecule has 0 spiro atoms. The number of amides is 1. The number of aryl methyl sites for hydroxylation is 1. The average Bonchev–Trinajstić information content (AvgIpc) is 3.43. The number of piperidine rings is 1. The lowest BCUT2D eigenvalue weighted by Crippen LogP contribution is -2.43. The second kappa shape index (κ2) is 8.74. The van der Waals surface area contributed by atoms with E-state index in [0.29, 0.717) is 11.1 Å². The minimum atomic E-state index is -0.270. The smallest absolute Gasteiger partial charge is 0.223 e. The number of rotatable bonds is 4. The van der Waals surface area contributed by atoms with Crippen molar-refractivity contribution >= 4 is 34.5 Å². The molecular formula is C25H28ClFN4O. The van der Waals surface area contributed by atoms with E-state index in [1.165, 1.54) is 25.0 Å². The van der Waals surface area contributed by atoms with E-state index >= 15 is 0 Å². The molecule has 0 radical (unpaired) electrons. The fourth-order valence-corrected chi connectivity index (χ4v) is 5.14. The van der Waals surface area contributed by atoms with Gasteiger partial charge in [0.15, 0.2) is 0 Å². The van der Waals surface area contributed by atoms with E-state index in [1.54, 1.807) is 12.1 Å². The number of anilines is 1. The van der Waals surface area contributed by atoms with Crippen LogP contribution in [0.2, 0.25) is 5.02 Å². The van der Waals surface area contributed by atoms with Crippen molar-refractivity contribution in [3.63, 3.8) is 0 Å². The van der Waals surface area contributed by atoms with Crippen LogP contribution < -0.4 is 10.2 Å². The molecule has 0 bridgehead atoms. The molecular weight excluding hydrogens is 427 g/mol. The maximum atomic E-state index is 13.6. The van der Waals surface area contributed by atoms with E-state index in [4.69, 9.17) is 16.6 Å². The fraction of sp³-hybridized carbons (Fsp3) is 0.440. The molecule has 2 heterocycles. The van der Waals surface area contributed by atoms with Crippen molar-refractivity contribution in [3.05, 3.63) is 52.8 Å². The predicted octanol–water partition coefficient (Wildman–Crippen LogP) is 5.40. The van der Waals surface area contributed by atoms with Crippen molar-refractivity contribution in [3.8, 4) is 5.69 Å². The Balaban J connectivity index is 1.42. The molecule has 5 rings (SSSR count). The van der Waals surface area contributed by atoms with Crippen LogP contribution in [0.1, 0.15) is 44.1 Å². The van der Waals surface area contributed by atoms with E-state index in [2.05, 4.69) is 14.8 Å². The monoisotopic (exact) mass is 454 g/mol. The number of nitrogens with one attached hydrogen (secondary N) is 1. The van der Waals surface area contributed by atoms with Crippen LogP contribution in [0.25, 0.3) is 16.7 Å². The van der Waals surface area contributed by atoms with E-state index in [-0.39, 0.29) is 17.6 Å². The van der Waals surface area contributed by atoms with Gasteiger partial charge in [-0.25, -0.2) is 9.37 Å². The Kier molecular flexibility index (Phi) is 5.80. The van der Waals surface area contributed by atoms with E-state index < -0.39 is 0 Å². The van der Waals surface area contributed by atoms with Crippen LogP contribution in [0, 0.1) is 18.7 Å². The second-order valence-corrected chi connectivity index (χ2v) is 9.47. The molecule has 1 N–H and O–H groups in total. The molecule has 32 heavy (non-hydrogen) atoms. The van der Waals surface area contributed by atoms with Crippen LogP contribution in [0.3, 0.4) is 0 Å². The molecule has 1 amide bonds. The SMILES string of the molecule is Cc1cc2c(cc1Cl)nc(N1CCC(C(=O)NC3CCCC3)CC1)n2-c1ccc(F)cc1. The summed E-state index contributed by atoms with van der Waals surface area (Å²) >= 11 is 6.37. The Bertz CT molecular complexity index is 1130. The Hall–Kier alpha value is -2.60. The quantitative estimate of drug-likeness (QED) is 0.574. The highest BCUT2D eigenvalue weighted by atomic mass is 35.5. The maximum Gasteiger partial charge on any atom is 0.223 e. The summed E-state index contributed by atoms with van der Waals surface area (Å²) in [4.78, 5) is 19.9. The predicted molar refractivity (Wildman–Crippen MR) is 126 cm³/mol. The summed E-state index contributed by atoms with van der Waals surface area (Å²) in [6.07, 6.45) is 6.23. The van der Waals surface area contributed by atoms with Crippen molar-refractivity contribution in [1.29, 1.82) is 0 Å². The number of hydrogen-bond donors (Lipinski definition) is 1. The lowest BCUT2D eigenvalue weighted by molar-refractivity contribution is -0.126. The topological polar surface area (TPSA) is 50.2 Å². The highest BCUT2D eigenvalue weighted by Crippen LogP contribution is 2.33. The summed E-state index contributed by atoms with van der Waals surface area (Å²) < 4.78 is 15.7. The Labute approximate surface area is 192 Å². The van der Waals surface area contributed by atoms with Gasteiger partial charge in [-0.1, -0.05) is 24.4 Å². The fourth-order valence-electron chi connectivity index (χ4n) is 4.98. The molecule has 2 fully saturated rings. The highest BCUT2D eigenvalue weighted by molar-refractivity contribution is 6.32. The second-order valence-electron chi connectivity index (χ2n) is 9.07. The molecule has 1 aromatic heterocycles. The molecule has 5 nitrogen and oxygen atoms in total. The minimum absolute atomic E-state index is 0.0483. The lowest BCUT2D eigenvalue weighted by Gasteiger charge is -2.33. The minimum Gasteiger partial charge on any atom is -0.353 e. The number of carbonyl (C=O) groups excluding carboxylic acids is 1. The summed E-state index contributed by atoms with van der Waals surface area (Å²) in [5.41, 5.74) is 3.57. The zero-order valence-electron chi connectivity index (χ0n) is 18.3. The third-order valence-corrected chi connectivity index (χ3v) is 7.26. The first-order valence-electron chi connectivity index (χ1n) is 11.5. The van der Waals surface area contributed by atoms with Gasteiger partial charge < -0.3 is 10.2 Å². The van der Waals surface area contributed by atoms with Crippen LogP contribution in [0.15, 0.2) is 36.4 Å². The Morgan fingerprint density at radius 2 is 1.78 bits per heavy atom. The average molecular weight is 455 g/mol. The molecule has 168 valence electrons. The normalized spacial score (nSPS) is 17.9. The molecule has 1 saturated heterocycles. The number of aromatic nitrogens is 2. The zero-order chi connectivity index (χ0) is 22.2. The molecule has 1 aliphatic carbocycles. The van der Waals surface area contributed by atoms with Gasteiger partial charge in [0.05, 0.1) is 11.0 Å². The van der Waals surface area contributed by atoms with Gasteiger partial charge in [-0.05, 0) is 74.6 Å². The molecule has 2 aliphatic rings. The summed E-state index contributed by atoms with van der Waals surface area (Å²) in [6.45, 7) is 3.47. The first-order chi connectivity index (χ1) is 15.5. The van der Waals surface area contributed by atoms with Gasteiger partial charge in [0, 0.05) is 35.8 Å². The van der Waals surface area contributed by atoms with Crippen molar-refractivity contribution in [1.82, 2.24) is 14.9 Å². The number of halogens is 2. The van der Waals surface area contributed by atoms with E-state index in [0.717, 1.165) is 67.0 Å². The maximum absolute atomic E-state index is 13.6. The third-order valence-electron chi connectivity index (χ3n) is 6.85. The third kappa shape index (κ3) is 4.08. The largest absolute Gasteiger partial charge is 0.353 e. The van der Waals surface area contributed by atoms with Crippen molar-refractivity contribution < 1.29 is 9.18 Å². The van der Waals surface area contributed by atoms with Gasteiger partial charge in [-0.2, -0.15) is 0 Å². The van der Waals surface area contributed by atoms with Crippen LogP contribution in [-0.2, 0) is 4.79 Å². The van der Waals surface area contributed by atoms with Crippen molar-refractivity contribution in [2.45, 2.75) is 51.5 Å². The standard InChI is InChI=1S/C25H28ClFN4O/c1-16-14-23-22(15-21(16)26)29-25(31(23)20-8-6-18(27)7-9-20)30-12-10-17(11-13-30)24(32)28-19-4-2-3-5-19/h6-9,14-15,17,19H,2-5,10-13H2,1H3,(H,28,32). The summed E-state index contributed by atoms with van der Waals surface area (Å²) in [5, 5.41) is 3.93. The van der Waals surface area contributed by atoms with Gasteiger partial charge in [-0.3, -0.25) is 9.36 Å². The number of nitrogens with zero attached hydrogens (tertiary/aromatic N) is 3. The number of hydrogen-bond acceptors (Lipinski definition) is 3. The molecule has 0 unspecified atom stereocenters. The first kappa shape index (κ1) is 21.3. The van der Waals surface area contributed by atoms with Gasteiger partial charge in [0.25, 0.3) is 0 Å². The summed E-state index contributed by atoms with van der Waals surface area (Å²) in [6, 6.07) is 10.7. The van der Waals surface area contributed by atoms with Gasteiger partial charge >= 0.3 is 0 Å². The molecule has 2 aromatic carbocycles. The zero-order valence-corrected chi connectivity index (χ0v) is 19.0. The van der Waals surface area contributed by atoms with Crippen molar-refractivity contribution in [2.75, 3.05) is 18.0 Å². The first-order valence-corrected chi connectivity index (χ1v) is 11.9. The van der Waals surface area contributed by atoms with E-state index in [1.807, 2.05) is 19.1 Å². The molecule has 3 aromatic rings. The van der Waals surface area contributed by atoms with Crippen LogP contribution in [-0.4, -0.2) is 34.6 Å². The number of benzene rings is 2.